The Morgan fingerprint density at radius 1 is 1.27 bits per heavy atom. The van der Waals surface area contributed by atoms with Crippen LogP contribution in [0.1, 0.15) is 38.2 Å². The van der Waals surface area contributed by atoms with Gasteiger partial charge in [0.2, 0.25) is 0 Å². The van der Waals surface area contributed by atoms with Crippen LogP contribution in [0, 0.1) is 0 Å². The van der Waals surface area contributed by atoms with E-state index in [0.717, 1.165) is 44.5 Å². The fraction of sp³-hybridized carbons (Fsp3) is 0.600. The van der Waals surface area contributed by atoms with E-state index in [2.05, 4.69) is 4.90 Å². The second-order valence-corrected chi connectivity index (χ2v) is 7.20. The summed E-state index contributed by atoms with van der Waals surface area (Å²) in [4.78, 5) is 27.4. The van der Waals surface area contributed by atoms with E-state index in [-0.39, 0.29) is 18.2 Å². The average molecular weight is 360 g/mol. The van der Waals surface area contributed by atoms with Crippen LogP contribution in [0.4, 0.5) is 4.79 Å². The fourth-order valence-corrected chi connectivity index (χ4v) is 3.75. The Kier molecular flexibility index (Phi) is 5.81. The maximum Gasteiger partial charge on any atom is 0.409 e. The molecule has 2 fully saturated rings. The molecule has 1 atom stereocenters. The van der Waals surface area contributed by atoms with Gasteiger partial charge >= 0.3 is 12.1 Å². The number of likely N-dealkylation sites (N-methyl/N-ethyl adjacent to an activating group) is 1. The molecule has 1 aromatic carbocycles. The van der Waals surface area contributed by atoms with Crippen LogP contribution in [-0.4, -0.2) is 61.2 Å². The number of piperidine rings is 1. The summed E-state index contributed by atoms with van der Waals surface area (Å²) in [5.74, 6) is -0.150. The Labute approximate surface area is 155 Å². The standard InChI is InChI=1S/C20H28N2O4/c1-3-18(23)26-20(16-7-5-4-6-8-16)10-13-22(14-11-20)12-9-17-15-21(2)19(24)25-17/h4-8,17H,3,9-15H2,1-2H3/t17-/m0/s1. The number of ether oxygens (including phenoxy) is 2. The van der Waals surface area contributed by atoms with E-state index in [4.69, 9.17) is 9.47 Å². The zero-order valence-corrected chi connectivity index (χ0v) is 15.6. The SMILES string of the molecule is CCC(=O)OC1(c2ccccc2)CCN(CC[C@H]2CN(C)C(=O)O2)CC1. The molecule has 0 spiro atoms. The van der Waals surface area contributed by atoms with Crippen molar-refractivity contribution in [2.24, 2.45) is 0 Å². The molecule has 3 rings (SSSR count). The third-order valence-electron chi connectivity index (χ3n) is 5.39. The largest absolute Gasteiger partial charge is 0.454 e. The molecule has 0 radical (unpaired) electrons. The molecule has 0 N–H and O–H groups in total. The van der Waals surface area contributed by atoms with Gasteiger partial charge in [0.15, 0.2) is 0 Å². The van der Waals surface area contributed by atoms with Crippen molar-refractivity contribution in [3.63, 3.8) is 0 Å². The number of hydrogen-bond donors (Lipinski definition) is 0. The first-order valence-corrected chi connectivity index (χ1v) is 9.44. The van der Waals surface area contributed by atoms with Gasteiger partial charge in [-0.25, -0.2) is 4.79 Å². The second kappa shape index (κ2) is 8.08. The number of nitrogens with zero attached hydrogens (tertiary/aromatic N) is 2. The van der Waals surface area contributed by atoms with Gasteiger partial charge < -0.3 is 19.3 Å². The molecule has 142 valence electrons. The van der Waals surface area contributed by atoms with Crippen molar-refractivity contribution in [3.8, 4) is 0 Å². The van der Waals surface area contributed by atoms with Crippen molar-refractivity contribution in [1.82, 2.24) is 9.80 Å². The highest BCUT2D eigenvalue weighted by atomic mass is 16.6. The lowest BCUT2D eigenvalue weighted by molar-refractivity contribution is -0.166. The van der Waals surface area contributed by atoms with E-state index in [9.17, 15) is 9.59 Å². The second-order valence-electron chi connectivity index (χ2n) is 7.20. The molecule has 1 aromatic rings. The Morgan fingerprint density at radius 3 is 2.54 bits per heavy atom. The van der Waals surface area contributed by atoms with E-state index in [1.807, 2.05) is 37.3 Å². The summed E-state index contributed by atoms with van der Waals surface area (Å²) in [7, 11) is 1.76. The number of rotatable bonds is 6. The lowest BCUT2D eigenvalue weighted by Crippen LogP contribution is -2.45. The molecule has 0 aliphatic carbocycles. The van der Waals surface area contributed by atoms with Gasteiger partial charge in [-0.1, -0.05) is 37.3 Å². The highest BCUT2D eigenvalue weighted by Crippen LogP contribution is 2.37. The number of amides is 1. The van der Waals surface area contributed by atoms with Crippen LogP contribution < -0.4 is 0 Å². The number of carbonyl (C=O) groups is 2. The van der Waals surface area contributed by atoms with Crippen molar-refractivity contribution in [1.29, 1.82) is 0 Å². The normalized spacial score (nSPS) is 22.9. The first-order chi connectivity index (χ1) is 12.5. The quantitative estimate of drug-likeness (QED) is 0.730. The molecule has 2 heterocycles. The predicted octanol–water partition coefficient (Wildman–Crippen LogP) is 2.77. The Hall–Kier alpha value is -2.08. The molecule has 1 amide bonds. The predicted molar refractivity (Wildman–Crippen MR) is 97.7 cm³/mol. The molecular weight excluding hydrogens is 332 g/mol. The average Bonchev–Trinajstić information content (AvgIpc) is 2.99. The minimum Gasteiger partial charge on any atom is -0.454 e. The van der Waals surface area contributed by atoms with E-state index < -0.39 is 5.60 Å². The van der Waals surface area contributed by atoms with Crippen LogP contribution in [-0.2, 0) is 19.9 Å². The molecule has 0 unspecified atom stereocenters. The van der Waals surface area contributed by atoms with Crippen molar-refractivity contribution < 1.29 is 19.1 Å². The summed E-state index contributed by atoms with van der Waals surface area (Å²) in [6.45, 7) is 5.11. The smallest absolute Gasteiger partial charge is 0.409 e. The number of cyclic esters (lactones) is 1. The first-order valence-electron chi connectivity index (χ1n) is 9.44. The summed E-state index contributed by atoms with van der Waals surface area (Å²) in [6.07, 6.45) is 2.54. The lowest BCUT2D eigenvalue weighted by Gasteiger charge is -2.41. The van der Waals surface area contributed by atoms with Crippen molar-refractivity contribution in [2.45, 2.75) is 44.3 Å². The maximum absolute atomic E-state index is 12.0. The van der Waals surface area contributed by atoms with Gasteiger partial charge in [-0.3, -0.25) is 4.79 Å². The topological polar surface area (TPSA) is 59.1 Å². The Balaban J connectivity index is 1.58. The van der Waals surface area contributed by atoms with E-state index >= 15 is 0 Å². The highest BCUT2D eigenvalue weighted by Gasteiger charge is 2.39. The number of benzene rings is 1. The molecular formula is C20H28N2O4. The van der Waals surface area contributed by atoms with Gasteiger partial charge in [-0.2, -0.15) is 0 Å². The Morgan fingerprint density at radius 2 is 1.96 bits per heavy atom. The zero-order valence-electron chi connectivity index (χ0n) is 15.6. The summed E-state index contributed by atoms with van der Waals surface area (Å²) in [5, 5.41) is 0. The van der Waals surface area contributed by atoms with E-state index in [1.165, 1.54) is 0 Å². The highest BCUT2D eigenvalue weighted by molar-refractivity contribution is 5.70. The number of esters is 1. The first kappa shape index (κ1) is 18.7. The monoisotopic (exact) mass is 360 g/mol. The van der Waals surface area contributed by atoms with Gasteiger partial charge in [-0.05, 0) is 12.0 Å². The van der Waals surface area contributed by atoms with Crippen LogP contribution in [0.5, 0.6) is 0 Å². The van der Waals surface area contributed by atoms with Crippen molar-refractivity contribution in [3.05, 3.63) is 35.9 Å². The Bertz CT molecular complexity index is 626. The van der Waals surface area contributed by atoms with Gasteiger partial charge in [0.25, 0.3) is 0 Å². The molecule has 0 bridgehead atoms. The molecule has 6 nitrogen and oxygen atoms in total. The number of likely N-dealkylation sites (tertiary alicyclic amines) is 1. The molecule has 0 aromatic heterocycles. The molecule has 2 aliphatic heterocycles. The van der Waals surface area contributed by atoms with Gasteiger partial charge in [0, 0.05) is 45.9 Å². The molecule has 0 saturated carbocycles. The number of hydrogen-bond acceptors (Lipinski definition) is 5. The zero-order chi connectivity index (χ0) is 18.6. The van der Waals surface area contributed by atoms with Crippen LogP contribution in [0.3, 0.4) is 0 Å². The van der Waals surface area contributed by atoms with Crippen LogP contribution in [0.2, 0.25) is 0 Å². The van der Waals surface area contributed by atoms with E-state index in [0.29, 0.717) is 13.0 Å². The van der Waals surface area contributed by atoms with Crippen molar-refractivity contribution in [2.75, 3.05) is 33.2 Å². The fourth-order valence-electron chi connectivity index (χ4n) is 3.75. The summed E-state index contributed by atoms with van der Waals surface area (Å²) in [5.41, 5.74) is 0.554. The minimum absolute atomic E-state index is 0.0220. The van der Waals surface area contributed by atoms with Crippen molar-refractivity contribution >= 4 is 12.1 Å². The molecule has 2 aliphatic rings. The minimum atomic E-state index is -0.523. The molecule has 26 heavy (non-hydrogen) atoms. The van der Waals surface area contributed by atoms with Gasteiger partial charge in [0.1, 0.15) is 11.7 Å². The van der Waals surface area contributed by atoms with E-state index in [1.54, 1.807) is 11.9 Å². The van der Waals surface area contributed by atoms with Crippen LogP contribution in [0.15, 0.2) is 30.3 Å². The molecule has 2 saturated heterocycles. The summed E-state index contributed by atoms with van der Waals surface area (Å²) < 4.78 is 11.3. The summed E-state index contributed by atoms with van der Waals surface area (Å²) in [6, 6.07) is 10.1. The number of carbonyl (C=O) groups excluding carboxylic acids is 2. The lowest BCUT2D eigenvalue weighted by atomic mass is 9.84. The maximum atomic E-state index is 12.0. The van der Waals surface area contributed by atoms with Gasteiger partial charge in [0.05, 0.1) is 6.54 Å². The van der Waals surface area contributed by atoms with Gasteiger partial charge in [-0.15, -0.1) is 0 Å². The van der Waals surface area contributed by atoms with Crippen LogP contribution in [0.25, 0.3) is 0 Å². The van der Waals surface area contributed by atoms with Crippen LogP contribution >= 0.6 is 0 Å². The molecule has 6 heteroatoms. The summed E-state index contributed by atoms with van der Waals surface area (Å²) >= 11 is 0. The third kappa shape index (κ3) is 4.18. The third-order valence-corrected chi connectivity index (χ3v) is 5.39.